The second kappa shape index (κ2) is 8.68. The van der Waals surface area contributed by atoms with E-state index in [1.165, 1.54) is 22.3 Å². The SMILES string of the molecule is O=C(O)CCC[C@@H]1CCCN(C(=O)OCC2c3ccccc3-c3ccccc32)C1. The zero-order chi connectivity index (χ0) is 20.2. The number of benzene rings is 2. The summed E-state index contributed by atoms with van der Waals surface area (Å²) in [5.41, 5.74) is 4.87. The number of piperidine rings is 1. The van der Waals surface area contributed by atoms with Crippen molar-refractivity contribution in [3.05, 3.63) is 59.7 Å². The van der Waals surface area contributed by atoms with Crippen LogP contribution >= 0.6 is 0 Å². The van der Waals surface area contributed by atoms with Crippen LogP contribution in [-0.2, 0) is 9.53 Å². The highest BCUT2D eigenvalue weighted by Crippen LogP contribution is 2.44. The summed E-state index contributed by atoms with van der Waals surface area (Å²) in [4.78, 5) is 25.2. The third-order valence-corrected chi connectivity index (χ3v) is 6.12. The molecule has 0 radical (unpaired) electrons. The summed E-state index contributed by atoms with van der Waals surface area (Å²) >= 11 is 0. The van der Waals surface area contributed by atoms with Crippen LogP contribution in [0.2, 0.25) is 0 Å². The van der Waals surface area contributed by atoms with Gasteiger partial charge >= 0.3 is 12.1 Å². The molecule has 1 amide bonds. The van der Waals surface area contributed by atoms with Crippen LogP contribution < -0.4 is 0 Å². The van der Waals surface area contributed by atoms with Crippen molar-refractivity contribution < 1.29 is 19.4 Å². The molecule has 0 unspecified atom stereocenters. The van der Waals surface area contributed by atoms with Crippen molar-refractivity contribution in [3.8, 4) is 11.1 Å². The number of nitrogens with zero attached hydrogens (tertiary/aromatic N) is 1. The number of rotatable bonds is 6. The molecule has 0 spiro atoms. The van der Waals surface area contributed by atoms with Crippen molar-refractivity contribution in [3.63, 3.8) is 0 Å². The van der Waals surface area contributed by atoms with Gasteiger partial charge in [-0.25, -0.2) is 4.79 Å². The lowest BCUT2D eigenvalue weighted by Gasteiger charge is -2.32. The molecule has 29 heavy (non-hydrogen) atoms. The molecule has 2 aromatic rings. The number of carbonyl (C=O) groups excluding carboxylic acids is 1. The molecule has 1 aliphatic heterocycles. The van der Waals surface area contributed by atoms with E-state index in [1.54, 1.807) is 4.90 Å². The number of ether oxygens (including phenoxy) is 1. The zero-order valence-corrected chi connectivity index (χ0v) is 16.5. The maximum atomic E-state index is 12.7. The Bertz CT molecular complexity index is 848. The van der Waals surface area contributed by atoms with Crippen LogP contribution in [0, 0.1) is 5.92 Å². The van der Waals surface area contributed by atoms with Gasteiger partial charge in [0.15, 0.2) is 0 Å². The standard InChI is InChI=1S/C24H27NO4/c26-23(27)13-5-7-17-8-6-14-25(15-17)24(28)29-16-22-20-11-3-1-9-18(20)19-10-2-4-12-21(19)22/h1-4,9-12,17,22H,5-8,13-16H2,(H,26,27)/t17-/m1/s1. The van der Waals surface area contributed by atoms with Crippen molar-refractivity contribution in [2.24, 2.45) is 5.92 Å². The fourth-order valence-corrected chi connectivity index (χ4v) is 4.69. The summed E-state index contributed by atoms with van der Waals surface area (Å²) in [5, 5.41) is 8.81. The van der Waals surface area contributed by atoms with Crippen molar-refractivity contribution in [2.75, 3.05) is 19.7 Å². The van der Waals surface area contributed by atoms with Crippen LogP contribution in [0.5, 0.6) is 0 Å². The maximum absolute atomic E-state index is 12.7. The molecule has 4 rings (SSSR count). The predicted molar refractivity (Wildman–Crippen MR) is 111 cm³/mol. The summed E-state index contributed by atoms with van der Waals surface area (Å²) < 4.78 is 5.76. The fourth-order valence-electron chi connectivity index (χ4n) is 4.69. The Morgan fingerprint density at radius 1 is 1.03 bits per heavy atom. The largest absolute Gasteiger partial charge is 0.481 e. The third kappa shape index (κ3) is 4.29. The van der Waals surface area contributed by atoms with Crippen LogP contribution in [0.1, 0.15) is 49.1 Å². The Labute approximate surface area is 171 Å². The summed E-state index contributed by atoms with van der Waals surface area (Å²) in [6, 6.07) is 16.6. The first-order valence-corrected chi connectivity index (χ1v) is 10.4. The Balaban J connectivity index is 1.37. The molecule has 2 aliphatic rings. The van der Waals surface area contributed by atoms with Crippen molar-refractivity contribution >= 4 is 12.1 Å². The highest BCUT2D eigenvalue weighted by Gasteiger charge is 2.30. The van der Waals surface area contributed by atoms with Gasteiger partial charge in [-0.2, -0.15) is 0 Å². The van der Waals surface area contributed by atoms with E-state index in [-0.39, 0.29) is 18.4 Å². The van der Waals surface area contributed by atoms with Gasteiger partial charge < -0.3 is 14.7 Å². The van der Waals surface area contributed by atoms with E-state index in [9.17, 15) is 9.59 Å². The molecule has 1 saturated heterocycles. The molecule has 0 bridgehead atoms. The summed E-state index contributed by atoms with van der Waals surface area (Å²) in [6.45, 7) is 1.72. The molecule has 5 nitrogen and oxygen atoms in total. The Hall–Kier alpha value is -2.82. The van der Waals surface area contributed by atoms with E-state index in [0.717, 1.165) is 19.3 Å². The van der Waals surface area contributed by atoms with Gasteiger partial charge in [0.1, 0.15) is 6.61 Å². The van der Waals surface area contributed by atoms with Gasteiger partial charge in [-0.1, -0.05) is 48.5 Å². The number of carboxylic acids is 1. The molecular formula is C24H27NO4. The minimum Gasteiger partial charge on any atom is -0.481 e. The van der Waals surface area contributed by atoms with E-state index in [1.807, 2.05) is 24.3 Å². The molecule has 1 aliphatic carbocycles. The van der Waals surface area contributed by atoms with Gasteiger partial charge in [0.2, 0.25) is 0 Å². The molecule has 1 fully saturated rings. The predicted octanol–water partition coefficient (Wildman–Crippen LogP) is 4.90. The third-order valence-electron chi connectivity index (χ3n) is 6.12. The molecule has 0 aromatic heterocycles. The first-order valence-electron chi connectivity index (χ1n) is 10.4. The second-order valence-electron chi connectivity index (χ2n) is 8.04. The minimum atomic E-state index is -0.755. The van der Waals surface area contributed by atoms with Gasteiger partial charge in [0, 0.05) is 25.4 Å². The number of amides is 1. The monoisotopic (exact) mass is 393 g/mol. The van der Waals surface area contributed by atoms with E-state index in [0.29, 0.717) is 32.0 Å². The molecule has 1 N–H and O–H groups in total. The number of fused-ring (bicyclic) bond motifs is 3. The molecule has 1 atom stereocenters. The number of hydrogen-bond donors (Lipinski definition) is 1. The average Bonchev–Trinajstić information content (AvgIpc) is 3.06. The normalized spacial score (nSPS) is 18.2. The van der Waals surface area contributed by atoms with Gasteiger partial charge in [-0.3, -0.25) is 4.79 Å². The molecule has 1 heterocycles. The van der Waals surface area contributed by atoms with E-state index < -0.39 is 5.97 Å². The lowest BCUT2D eigenvalue weighted by atomic mass is 9.93. The number of hydrogen-bond acceptors (Lipinski definition) is 3. The van der Waals surface area contributed by atoms with E-state index >= 15 is 0 Å². The van der Waals surface area contributed by atoms with Gasteiger partial charge in [-0.15, -0.1) is 0 Å². The number of carbonyl (C=O) groups is 2. The van der Waals surface area contributed by atoms with Gasteiger partial charge in [0.25, 0.3) is 0 Å². The second-order valence-corrected chi connectivity index (χ2v) is 8.04. The average molecular weight is 393 g/mol. The number of carboxylic acid groups (broad SMARTS) is 1. The lowest BCUT2D eigenvalue weighted by Crippen LogP contribution is -2.40. The fraction of sp³-hybridized carbons (Fsp3) is 0.417. The van der Waals surface area contributed by atoms with Crippen LogP contribution in [0.3, 0.4) is 0 Å². The quantitative estimate of drug-likeness (QED) is 0.758. The molecule has 2 aromatic carbocycles. The van der Waals surface area contributed by atoms with Crippen molar-refractivity contribution in [1.29, 1.82) is 0 Å². The molecular weight excluding hydrogens is 366 g/mol. The summed E-state index contributed by atoms with van der Waals surface area (Å²) in [5.74, 6) is -0.319. The number of likely N-dealkylation sites (tertiary alicyclic amines) is 1. The van der Waals surface area contributed by atoms with Crippen molar-refractivity contribution in [2.45, 2.75) is 38.0 Å². The first-order chi connectivity index (χ1) is 14.1. The van der Waals surface area contributed by atoms with Crippen LogP contribution in [-0.4, -0.2) is 41.8 Å². The topological polar surface area (TPSA) is 66.8 Å². The highest BCUT2D eigenvalue weighted by atomic mass is 16.6. The van der Waals surface area contributed by atoms with Crippen LogP contribution in [0.25, 0.3) is 11.1 Å². The summed E-state index contributed by atoms with van der Waals surface area (Å²) in [6.07, 6.45) is 3.45. The van der Waals surface area contributed by atoms with E-state index in [2.05, 4.69) is 24.3 Å². The van der Waals surface area contributed by atoms with Crippen LogP contribution in [0.4, 0.5) is 4.79 Å². The molecule has 5 heteroatoms. The van der Waals surface area contributed by atoms with Crippen molar-refractivity contribution in [1.82, 2.24) is 4.90 Å². The highest BCUT2D eigenvalue weighted by molar-refractivity contribution is 5.79. The Morgan fingerprint density at radius 2 is 1.69 bits per heavy atom. The molecule has 0 saturated carbocycles. The smallest absolute Gasteiger partial charge is 0.409 e. The van der Waals surface area contributed by atoms with Gasteiger partial charge in [-0.05, 0) is 53.9 Å². The minimum absolute atomic E-state index is 0.0718. The summed E-state index contributed by atoms with van der Waals surface area (Å²) in [7, 11) is 0. The lowest BCUT2D eigenvalue weighted by molar-refractivity contribution is -0.137. The van der Waals surface area contributed by atoms with Crippen LogP contribution in [0.15, 0.2) is 48.5 Å². The zero-order valence-electron chi connectivity index (χ0n) is 16.5. The Kier molecular flexibility index (Phi) is 5.84. The molecule has 152 valence electrons. The number of aliphatic carboxylic acids is 1. The van der Waals surface area contributed by atoms with Gasteiger partial charge in [0.05, 0.1) is 0 Å². The first kappa shape index (κ1) is 19.5. The maximum Gasteiger partial charge on any atom is 0.409 e. The van der Waals surface area contributed by atoms with E-state index in [4.69, 9.17) is 9.84 Å². The Morgan fingerprint density at radius 3 is 2.34 bits per heavy atom.